The molecular weight excluding hydrogens is 208 g/mol. The molecule has 0 saturated heterocycles. The van der Waals surface area contributed by atoms with E-state index in [0.717, 1.165) is 4.37 Å². The van der Waals surface area contributed by atoms with Crippen LogP contribution in [0.15, 0.2) is 24.4 Å². The molecule has 0 amide bonds. The molecule has 40 valence electrons. The zero-order valence-electron chi connectivity index (χ0n) is 4.41. The van der Waals surface area contributed by atoms with Crippen LogP contribution < -0.4 is 0 Å². The van der Waals surface area contributed by atoms with E-state index in [1.807, 2.05) is 24.4 Å². The molecule has 0 aromatic carbocycles. The summed E-state index contributed by atoms with van der Waals surface area (Å²) < 4.78 is 1.08. The molecule has 1 aromatic heterocycles. The summed E-state index contributed by atoms with van der Waals surface area (Å²) >= 11 is 1.78. The van der Waals surface area contributed by atoms with Gasteiger partial charge in [-0.25, -0.2) is 0 Å². The van der Waals surface area contributed by atoms with E-state index in [0.29, 0.717) is 0 Å². The fraction of sp³-hybridized carbons (Fsp3) is 0.167. The first kappa shape index (κ1) is 6.09. The first-order valence-corrected chi connectivity index (χ1v) is 4.25. The van der Waals surface area contributed by atoms with Crippen LogP contribution in [0.2, 0.25) is 0 Å². The molecule has 1 aromatic rings. The summed E-state index contributed by atoms with van der Waals surface area (Å²) in [5, 5.41) is 0. The van der Waals surface area contributed by atoms with Gasteiger partial charge >= 0.3 is 62.5 Å². The number of nitrogens with zero attached hydrogens (tertiary/aromatic N) is 1. The summed E-state index contributed by atoms with van der Waals surface area (Å²) in [7, 11) is 0. The van der Waals surface area contributed by atoms with E-state index in [4.69, 9.17) is 0 Å². The van der Waals surface area contributed by atoms with Crippen molar-refractivity contribution in [3.8, 4) is 0 Å². The van der Waals surface area contributed by atoms with Gasteiger partial charge in [-0.05, 0) is 0 Å². The monoisotopic (exact) mass is 213 g/mol. The van der Waals surface area contributed by atoms with E-state index in [2.05, 4.69) is 4.98 Å². The molecule has 0 saturated carbocycles. The topological polar surface area (TPSA) is 12.9 Å². The number of hydrogen-bond donors (Lipinski definition) is 0. The fourth-order valence-corrected chi connectivity index (χ4v) is 1.03. The van der Waals surface area contributed by atoms with E-state index >= 15 is 0 Å². The number of aromatic nitrogens is 1. The molecule has 0 atom stereocenters. The maximum atomic E-state index is 4.11. The van der Waals surface area contributed by atoms with Crippen molar-refractivity contribution < 1.29 is 0 Å². The van der Waals surface area contributed by atoms with Crippen LogP contribution in [0.25, 0.3) is 0 Å². The standard InChI is InChI=1S/C6H6N.Sb/c1-6-4-2-3-5-7-6;/h2-5H,1H2;. The summed E-state index contributed by atoms with van der Waals surface area (Å²) in [6.07, 6.45) is 1.83. The second-order valence-corrected chi connectivity index (χ2v) is 2.38. The molecule has 0 aliphatic carbocycles. The Morgan fingerprint density at radius 1 is 1.50 bits per heavy atom. The second-order valence-electron chi connectivity index (χ2n) is 1.48. The molecular formula is C6H6NSb. The van der Waals surface area contributed by atoms with Gasteiger partial charge in [-0.2, -0.15) is 0 Å². The van der Waals surface area contributed by atoms with Crippen molar-refractivity contribution in [1.82, 2.24) is 4.98 Å². The third-order valence-electron chi connectivity index (χ3n) is 0.888. The number of hydrogen-bond acceptors (Lipinski definition) is 1. The third-order valence-corrected chi connectivity index (χ3v) is 1.81. The zero-order valence-corrected chi connectivity index (χ0v) is 6.96. The zero-order chi connectivity index (χ0) is 5.82. The van der Waals surface area contributed by atoms with Crippen molar-refractivity contribution in [3.05, 3.63) is 30.1 Å². The number of rotatable bonds is 1. The molecule has 2 radical (unpaired) electrons. The minimum atomic E-state index is 1.08. The normalized spacial score (nSPS) is 9.12. The van der Waals surface area contributed by atoms with Crippen molar-refractivity contribution in [2.24, 2.45) is 0 Å². The number of pyridine rings is 1. The fourth-order valence-electron chi connectivity index (χ4n) is 0.492. The van der Waals surface area contributed by atoms with Gasteiger partial charge in [0.25, 0.3) is 0 Å². The van der Waals surface area contributed by atoms with Gasteiger partial charge in [-0.1, -0.05) is 0 Å². The van der Waals surface area contributed by atoms with Crippen LogP contribution in [-0.2, 0) is 4.37 Å². The van der Waals surface area contributed by atoms with Gasteiger partial charge in [-0.15, -0.1) is 0 Å². The molecule has 0 spiro atoms. The summed E-state index contributed by atoms with van der Waals surface area (Å²) in [5.74, 6) is 0. The van der Waals surface area contributed by atoms with Crippen LogP contribution in [0, 0.1) is 0 Å². The first-order valence-electron chi connectivity index (χ1n) is 2.44. The molecule has 0 fully saturated rings. The van der Waals surface area contributed by atoms with Gasteiger partial charge in [0.1, 0.15) is 0 Å². The van der Waals surface area contributed by atoms with Crippen LogP contribution in [0.3, 0.4) is 0 Å². The molecule has 0 aliphatic heterocycles. The SMILES string of the molecule is [Sb][CH2]c1ccccn1. The first-order chi connectivity index (χ1) is 3.93. The van der Waals surface area contributed by atoms with Crippen LogP contribution >= 0.6 is 0 Å². The minimum absolute atomic E-state index is 1.08. The van der Waals surface area contributed by atoms with Gasteiger partial charge in [0.15, 0.2) is 0 Å². The van der Waals surface area contributed by atoms with E-state index < -0.39 is 0 Å². The predicted molar refractivity (Wildman–Crippen MR) is 33.7 cm³/mol. The summed E-state index contributed by atoms with van der Waals surface area (Å²) in [6.45, 7) is 0. The van der Waals surface area contributed by atoms with E-state index in [-0.39, 0.29) is 0 Å². The summed E-state index contributed by atoms with van der Waals surface area (Å²) in [4.78, 5) is 4.11. The Morgan fingerprint density at radius 3 is 2.75 bits per heavy atom. The average molecular weight is 214 g/mol. The average Bonchev–Trinajstić information content (AvgIpc) is 1.90. The Kier molecular flexibility index (Phi) is 2.35. The molecule has 0 aliphatic rings. The van der Waals surface area contributed by atoms with Gasteiger partial charge in [-0.3, -0.25) is 0 Å². The van der Waals surface area contributed by atoms with E-state index in [9.17, 15) is 0 Å². The Balaban J connectivity index is 2.83. The Hall–Kier alpha value is -0.0318. The van der Waals surface area contributed by atoms with Crippen LogP contribution in [0.5, 0.6) is 0 Å². The van der Waals surface area contributed by atoms with Crippen LogP contribution in [-0.4, -0.2) is 28.0 Å². The van der Waals surface area contributed by atoms with Gasteiger partial charge in [0.05, 0.1) is 0 Å². The van der Waals surface area contributed by atoms with Crippen molar-refractivity contribution in [1.29, 1.82) is 0 Å². The second kappa shape index (κ2) is 3.09. The summed E-state index contributed by atoms with van der Waals surface area (Å²) in [6, 6.07) is 5.99. The van der Waals surface area contributed by atoms with Crippen LogP contribution in [0.4, 0.5) is 0 Å². The van der Waals surface area contributed by atoms with Crippen LogP contribution in [0.1, 0.15) is 5.69 Å². The van der Waals surface area contributed by atoms with Gasteiger partial charge in [0.2, 0.25) is 0 Å². The summed E-state index contributed by atoms with van der Waals surface area (Å²) in [5.41, 5.74) is 1.18. The maximum absolute atomic E-state index is 4.11. The van der Waals surface area contributed by atoms with Crippen molar-refractivity contribution in [3.63, 3.8) is 0 Å². The molecule has 1 rings (SSSR count). The molecule has 0 N–H and O–H groups in total. The van der Waals surface area contributed by atoms with Crippen molar-refractivity contribution in [2.75, 3.05) is 0 Å². The Bertz CT molecular complexity index is 150. The quantitative estimate of drug-likeness (QED) is 0.628. The molecule has 1 heterocycles. The van der Waals surface area contributed by atoms with Gasteiger partial charge < -0.3 is 0 Å². The predicted octanol–water partition coefficient (Wildman–Crippen LogP) is 0.750. The molecule has 8 heavy (non-hydrogen) atoms. The molecule has 2 heteroatoms. The van der Waals surface area contributed by atoms with Crippen molar-refractivity contribution >= 4 is 23.0 Å². The van der Waals surface area contributed by atoms with Crippen molar-refractivity contribution in [2.45, 2.75) is 4.37 Å². The Labute approximate surface area is 62.6 Å². The van der Waals surface area contributed by atoms with Gasteiger partial charge in [0, 0.05) is 0 Å². The van der Waals surface area contributed by atoms with E-state index in [1.165, 1.54) is 5.69 Å². The molecule has 0 unspecified atom stereocenters. The molecule has 1 nitrogen and oxygen atoms in total. The third kappa shape index (κ3) is 1.48. The molecule has 0 bridgehead atoms. The van der Waals surface area contributed by atoms with E-state index in [1.54, 1.807) is 23.0 Å². The Morgan fingerprint density at radius 2 is 2.38 bits per heavy atom.